The molecule has 2 N–H and O–H groups in total. The van der Waals surface area contributed by atoms with Crippen LogP contribution in [0.1, 0.15) is 48.5 Å². The molecule has 0 aliphatic carbocycles. The van der Waals surface area contributed by atoms with Gasteiger partial charge in [0.25, 0.3) is 5.91 Å². The molecule has 1 rings (SSSR count). The maximum absolute atomic E-state index is 11.8. The quantitative estimate of drug-likeness (QED) is 0.610. The third kappa shape index (κ3) is 4.19. The number of hydrogen-bond acceptors (Lipinski definition) is 5. The van der Waals surface area contributed by atoms with Gasteiger partial charge in [-0.3, -0.25) is 9.59 Å². The van der Waals surface area contributed by atoms with Crippen LogP contribution in [0, 0.1) is 17.2 Å². The Balaban J connectivity index is 2.58. The third-order valence-corrected chi connectivity index (χ3v) is 3.43. The number of nitrogens with zero attached hydrogens (tertiary/aromatic N) is 1. The average Bonchev–Trinajstić information content (AvgIpc) is 2.94. The second kappa shape index (κ2) is 6.89. The monoisotopic (exact) mass is 305 g/mol. The van der Waals surface area contributed by atoms with Gasteiger partial charge in [0.1, 0.15) is 11.2 Å². The first kappa shape index (κ1) is 17.4. The highest BCUT2D eigenvalue weighted by molar-refractivity contribution is 5.97. The number of nitrogens with one attached hydrogen (secondary N) is 2. The molecule has 1 atom stereocenters. The second-order valence-corrected chi connectivity index (χ2v) is 5.45. The van der Waals surface area contributed by atoms with Crippen LogP contribution in [-0.2, 0) is 9.53 Å². The number of esters is 1. The minimum Gasteiger partial charge on any atom is -0.451 e. The Labute approximate surface area is 128 Å². The van der Waals surface area contributed by atoms with Crippen molar-refractivity contribution in [3.05, 3.63) is 23.5 Å². The molecule has 22 heavy (non-hydrogen) atoms. The van der Waals surface area contributed by atoms with Crippen LogP contribution >= 0.6 is 0 Å². The molecule has 1 heterocycles. The molecule has 0 saturated carbocycles. The minimum absolute atomic E-state index is 0.0879. The number of aromatic nitrogens is 1. The molecule has 0 aromatic carbocycles. The summed E-state index contributed by atoms with van der Waals surface area (Å²) < 4.78 is 4.85. The Hall–Kier alpha value is -2.62. The van der Waals surface area contributed by atoms with E-state index in [0.29, 0.717) is 5.56 Å². The fourth-order valence-electron chi connectivity index (χ4n) is 1.55. The molecule has 0 aliphatic heterocycles. The molecule has 7 heteroatoms. The molecule has 0 radical (unpaired) electrons. The Morgan fingerprint density at radius 3 is 2.55 bits per heavy atom. The van der Waals surface area contributed by atoms with E-state index < -0.39 is 24.0 Å². The highest BCUT2D eigenvalue weighted by atomic mass is 16.5. The predicted octanol–water partition coefficient (Wildman–Crippen LogP) is 1.43. The summed E-state index contributed by atoms with van der Waals surface area (Å²) in [5.41, 5.74) is -0.587. The van der Waals surface area contributed by atoms with Gasteiger partial charge in [-0.2, -0.15) is 5.26 Å². The topological polar surface area (TPSA) is 112 Å². The number of carbonyl (C=O) groups excluding carboxylic acids is 3. The Morgan fingerprint density at radius 2 is 2.09 bits per heavy atom. The van der Waals surface area contributed by atoms with Crippen molar-refractivity contribution in [3.63, 3.8) is 0 Å². The van der Waals surface area contributed by atoms with Gasteiger partial charge in [-0.1, -0.05) is 13.8 Å². The number of hydrogen-bond donors (Lipinski definition) is 2. The van der Waals surface area contributed by atoms with Crippen molar-refractivity contribution in [3.8, 4) is 6.07 Å². The maximum atomic E-state index is 11.8. The van der Waals surface area contributed by atoms with Gasteiger partial charge in [-0.25, -0.2) is 4.79 Å². The highest BCUT2D eigenvalue weighted by Crippen LogP contribution is 2.14. The lowest BCUT2D eigenvalue weighted by Crippen LogP contribution is -2.50. The van der Waals surface area contributed by atoms with Crippen molar-refractivity contribution in [2.75, 3.05) is 6.61 Å². The second-order valence-electron chi connectivity index (χ2n) is 5.45. The molecular weight excluding hydrogens is 286 g/mol. The molecule has 1 aromatic heterocycles. The highest BCUT2D eigenvalue weighted by Gasteiger charge is 2.30. The first-order valence-corrected chi connectivity index (χ1v) is 6.78. The number of ether oxygens (including phenoxy) is 1. The molecule has 1 amide bonds. The van der Waals surface area contributed by atoms with E-state index in [4.69, 9.17) is 10.00 Å². The van der Waals surface area contributed by atoms with Crippen molar-refractivity contribution in [1.82, 2.24) is 10.3 Å². The van der Waals surface area contributed by atoms with Crippen molar-refractivity contribution in [2.24, 2.45) is 5.92 Å². The van der Waals surface area contributed by atoms with Gasteiger partial charge in [0, 0.05) is 11.8 Å². The van der Waals surface area contributed by atoms with Gasteiger partial charge < -0.3 is 15.0 Å². The van der Waals surface area contributed by atoms with Gasteiger partial charge >= 0.3 is 5.97 Å². The van der Waals surface area contributed by atoms with E-state index in [1.165, 1.54) is 19.2 Å². The van der Waals surface area contributed by atoms with Gasteiger partial charge in [0.2, 0.25) is 0 Å². The smallest absolute Gasteiger partial charge is 0.355 e. The third-order valence-electron chi connectivity index (χ3n) is 3.43. The van der Waals surface area contributed by atoms with Crippen LogP contribution in [-0.4, -0.2) is 34.8 Å². The summed E-state index contributed by atoms with van der Waals surface area (Å²) in [5, 5.41) is 11.6. The van der Waals surface area contributed by atoms with Crippen molar-refractivity contribution >= 4 is 17.7 Å². The number of ketones is 1. The predicted molar refractivity (Wildman–Crippen MR) is 78.1 cm³/mol. The lowest BCUT2D eigenvalue weighted by Gasteiger charge is -2.27. The molecule has 0 spiro atoms. The zero-order valence-electron chi connectivity index (χ0n) is 13.0. The summed E-state index contributed by atoms with van der Waals surface area (Å²) in [6, 6.07) is 3.39. The number of carbonyl (C=O) groups is 3. The number of rotatable bonds is 6. The van der Waals surface area contributed by atoms with E-state index in [9.17, 15) is 14.4 Å². The maximum Gasteiger partial charge on any atom is 0.355 e. The fraction of sp³-hybridized carbons (Fsp3) is 0.467. The summed E-state index contributed by atoms with van der Waals surface area (Å²) in [6.07, 6.45) is 1.39. The molecule has 7 nitrogen and oxygen atoms in total. The van der Waals surface area contributed by atoms with E-state index in [1.54, 1.807) is 20.8 Å². The number of aromatic amines is 1. The summed E-state index contributed by atoms with van der Waals surface area (Å²) in [6.45, 7) is 6.08. The summed E-state index contributed by atoms with van der Waals surface area (Å²) in [5.74, 6) is -1.59. The molecule has 0 unspecified atom stereocenters. The van der Waals surface area contributed by atoms with Crippen LogP contribution in [0.15, 0.2) is 12.3 Å². The van der Waals surface area contributed by atoms with Crippen LogP contribution in [0.2, 0.25) is 0 Å². The summed E-state index contributed by atoms with van der Waals surface area (Å²) >= 11 is 0. The van der Waals surface area contributed by atoms with Crippen molar-refractivity contribution in [2.45, 2.75) is 33.2 Å². The van der Waals surface area contributed by atoms with Crippen molar-refractivity contribution < 1.29 is 19.1 Å². The van der Waals surface area contributed by atoms with E-state index in [2.05, 4.69) is 10.3 Å². The van der Waals surface area contributed by atoms with Gasteiger partial charge in [-0.15, -0.1) is 0 Å². The minimum atomic E-state index is -1.03. The number of nitriles is 1. The van der Waals surface area contributed by atoms with Gasteiger partial charge in [0.15, 0.2) is 12.4 Å². The zero-order valence-corrected chi connectivity index (χ0v) is 13.0. The number of Topliss-reactive ketones (excluding diaryl/α,β-unsaturated/α-hetero) is 1. The van der Waals surface area contributed by atoms with E-state index in [-0.39, 0.29) is 17.4 Å². The number of amides is 1. The normalized spacial score (nSPS) is 13.1. The Kier molecular flexibility index (Phi) is 5.46. The summed E-state index contributed by atoms with van der Waals surface area (Å²) in [7, 11) is 0. The van der Waals surface area contributed by atoms with Crippen LogP contribution in [0.4, 0.5) is 0 Å². The van der Waals surface area contributed by atoms with Crippen LogP contribution in [0.5, 0.6) is 0 Å². The van der Waals surface area contributed by atoms with Gasteiger partial charge in [-0.05, 0) is 25.8 Å². The molecule has 0 fully saturated rings. The van der Waals surface area contributed by atoms with Crippen LogP contribution in [0.3, 0.4) is 0 Å². The average molecular weight is 305 g/mol. The SMILES string of the molecule is CC(=O)c1c[nH]c(C(=O)OCC(=O)N[C@](C)(C#N)C(C)C)c1. The fourth-order valence-corrected chi connectivity index (χ4v) is 1.55. The van der Waals surface area contributed by atoms with Crippen LogP contribution in [0.25, 0.3) is 0 Å². The first-order valence-electron chi connectivity index (χ1n) is 6.78. The summed E-state index contributed by atoms with van der Waals surface area (Å²) in [4.78, 5) is 37.3. The van der Waals surface area contributed by atoms with Crippen LogP contribution < -0.4 is 5.32 Å². The Bertz CT molecular complexity index is 627. The van der Waals surface area contributed by atoms with Crippen molar-refractivity contribution in [1.29, 1.82) is 5.26 Å². The van der Waals surface area contributed by atoms with Gasteiger partial charge in [0.05, 0.1) is 6.07 Å². The lowest BCUT2D eigenvalue weighted by atomic mass is 9.90. The van der Waals surface area contributed by atoms with E-state index in [0.717, 1.165) is 0 Å². The first-order chi connectivity index (χ1) is 10.2. The number of H-pyrrole nitrogens is 1. The molecule has 0 aliphatic rings. The Morgan fingerprint density at radius 1 is 1.45 bits per heavy atom. The molecule has 1 aromatic rings. The molecular formula is C15H19N3O4. The molecule has 0 bridgehead atoms. The largest absolute Gasteiger partial charge is 0.451 e. The molecule has 0 saturated heterocycles. The molecule has 118 valence electrons. The zero-order chi connectivity index (χ0) is 16.9. The van der Waals surface area contributed by atoms with E-state index in [1.807, 2.05) is 6.07 Å². The lowest BCUT2D eigenvalue weighted by molar-refractivity contribution is -0.125. The van der Waals surface area contributed by atoms with E-state index >= 15 is 0 Å². The standard InChI is InChI=1S/C15H19N3O4/c1-9(2)15(4,8-16)18-13(20)7-22-14(21)12-5-11(6-17-12)10(3)19/h5-6,9,17H,7H2,1-4H3,(H,18,20)/t15-/m1/s1.